The van der Waals surface area contributed by atoms with Gasteiger partial charge in [0.25, 0.3) is 0 Å². The minimum absolute atomic E-state index is 0. The van der Waals surface area contributed by atoms with Crippen LogP contribution in [-0.2, 0) is 43.4 Å². The first kappa shape index (κ1) is 42.0. The molecule has 240 valence electrons. The molecule has 0 aliphatic carbocycles. The molecule has 43 heavy (non-hydrogen) atoms. The molecule has 0 saturated heterocycles. The van der Waals surface area contributed by atoms with Crippen molar-refractivity contribution in [1.29, 1.82) is 0 Å². The van der Waals surface area contributed by atoms with E-state index in [4.69, 9.17) is 9.38 Å². The Kier molecular flexibility index (Phi) is 16.1. The van der Waals surface area contributed by atoms with Crippen LogP contribution in [0.5, 0.6) is 11.5 Å². The average molecular weight is 679 g/mol. The molecule has 0 saturated carbocycles. The largest absolute Gasteiger partial charge is 2.00 e. The predicted octanol–water partition coefficient (Wildman–Crippen LogP) is 8.57. The zero-order valence-corrected chi connectivity index (χ0v) is 36.0. The van der Waals surface area contributed by atoms with Crippen LogP contribution >= 0.6 is 0 Å². The quantitative estimate of drug-likeness (QED) is 0.236. The molecule has 2 rings (SSSR count). The average Bonchev–Trinajstić information content (AvgIpc) is 2.75. The summed E-state index contributed by atoms with van der Waals surface area (Å²) in [5.41, 5.74) is 6.37. The monoisotopic (exact) mass is 677 g/mol. The summed E-state index contributed by atoms with van der Waals surface area (Å²) in [5.74, 6) is 1.14. The molecule has 2 aromatic carbocycles. The zero-order valence-electron chi connectivity index (χ0n) is 31.0. The van der Waals surface area contributed by atoms with Gasteiger partial charge in [0.2, 0.25) is 0 Å². The molecule has 0 aliphatic heterocycles. The molecule has 0 aliphatic rings. The minimum Gasteiger partial charge on any atom is -0.872 e. The van der Waals surface area contributed by atoms with Crippen molar-refractivity contribution in [2.24, 2.45) is 0 Å². The summed E-state index contributed by atoms with van der Waals surface area (Å²) in [6.07, 6.45) is 0. The molecular formula is C35H63N3O2Si2Zn. The molecule has 0 atom stereocenters. The molecule has 8 heteroatoms. The molecule has 2 aromatic rings. The van der Waals surface area contributed by atoms with Crippen molar-refractivity contribution in [1.82, 2.24) is 9.80 Å². The van der Waals surface area contributed by atoms with Gasteiger partial charge in [-0.25, -0.2) is 0 Å². The van der Waals surface area contributed by atoms with Gasteiger partial charge in [-0.2, -0.15) is 0 Å². The molecule has 5 nitrogen and oxygen atoms in total. The summed E-state index contributed by atoms with van der Waals surface area (Å²) in [4.78, 5) is 4.57. The topological polar surface area (TPSA) is 52.9 Å². The number of aryl methyl sites for hydroxylation is 2. The Hall–Kier alpha value is -1.02. The van der Waals surface area contributed by atoms with Gasteiger partial charge in [-0.1, -0.05) is 133 Å². The number of rotatable bonds is 10. The molecule has 0 spiro atoms. The van der Waals surface area contributed by atoms with E-state index in [1.165, 1.54) is 16.7 Å². The van der Waals surface area contributed by atoms with Gasteiger partial charge >= 0.3 is 19.5 Å². The maximum Gasteiger partial charge on any atom is 2.00 e. The van der Waals surface area contributed by atoms with Crippen LogP contribution in [0.4, 0.5) is 0 Å². The van der Waals surface area contributed by atoms with E-state index < -0.39 is 16.5 Å². The molecule has 0 radical (unpaired) electrons. The SMILES string of the molecule is COc1c(CN(CCN(C)C)Cc2cc(C)cc(C(C)(C)C)c2[O-])cc(C)cc1C(C)(C)C.C[Si](C)(C)[N-][Si](C)(C)C.[Zn+2]. The Morgan fingerprint density at radius 1 is 0.721 bits per heavy atom. The first-order valence-electron chi connectivity index (χ1n) is 15.4. The summed E-state index contributed by atoms with van der Waals surface area (Å²) in [5, 5.41) is 13.4. The summed E-state index contributed by atoms with van der Waals surface area (Å²) >= 11 is 0. The van der Waals surface area contributed by atoms with Gasteiger partial charge in [-0.05, 0) is 49.9 Å². The van der Waals surface area contributed by atoms with Gasteiger partial charge in [-0.15, -0.1) is 5.75 Å². The smallest absolute Gasteiger partial charge is 0.872 e. The van der Waals surface area contributed by atoms with Crippen LogP contribution in [0.25, 0.3) is 4.65 Å². The van der Waals surface area contributed by atoms with E-state index >= 15 is 0 Å². The molecule has 0 heterocycles. The first-order chi connectivity index (χ1) is 18.8. The van der Waals surface area contributed by atoms with Crippen molar-refractivity contribution in [3.8, 4) is 11.5 Å². The maximum absolute atomic E-state index is 13.4. The van der Waals surface area contributed by atoms with Gasteiger partial charge in [0.1, 0.15) is 5.75 Å². The molecule has 0 aromatic heterocycles. The fourth-order valence-corrected chi connectivity index (χ4v) is 13.4. The third-order valence-electron chi connectivity index (χ3n) is 6.76. The molecule has 0 bridgehead atoms. The van der Waals surface area contributed by atoms with Crippen LogP contribution < -0.4 is 9.84 Å². The van der Waals surface area contributed by atoms with Crippen molar-refractivity contribution in [2.75, 3.05) is 34.3 Å². The van der Waals surface area contributed by atoms with E-state index in [0.29, 0.717) is 6.54 Å². The molecule has 0 fully saturated rings. The second-order valence-electron chi connectivity index (χ2n) is 16.3. The Morgan fingerprint density at radius 3 is 1.51 bits per heavy atom. The molecule has 0 amide bonds. The Balaban J connectivity index is 0.00000153. The Labute approximate surface area is 281 Å². The third-order valence-corrected chi connectivity index (χ3v) is 12.1. The van der Waals surface area contributed by atoms with Gasteiger partial charge in [-0.3, -0.25) is 4.90 Å². The van der Waals surface area contributed by atoms with Crippen LogP contribution in [-0.4, -0.2) is 60.6 Å². The van der Waals surface area contributed by atoms with Crippen LogP contribution in [0.15, 0.2) is 24.3 Å². The van der Waals surface area contributed by atoms with E-state index in [0.717, 1.165) is 42.1 Å². The molecule has 0 N–H and O–H groups in total. The normalized spacial score (nSPS) is 12.6. The van der Waals surface area contributed by atoms with Crippen LogP contribution in [0.1, 0.15) is 74.9 Å². The van der Waals surface area contributed by atoms with Crippen LogP contribution in [0, 0.1) is 13.8 Å². The van der Waals surface area contributed by atoms with Gasteiger partial charge in [0.15, 0.2) is 0 Å². The fraction of sp³-hybridized carbons (Fsp3) is 0.657. The van der Waals surface area contributed by atoms with E-state index in [2.05, 4.69) is 143 Å². The summed E-state index contributed by atoms with van der Waals surface area (Å²) in [6, 6.07) is 8.58. The molecular weight excluding hydrogens is 616 g/mol. The van der Waals surface area contributed by atoms with E-state index in [9.17, 15) is 5.11 Å². The van der Waals surface area contributed by atoms with Crippen molar-refractivity contribution >= 4 is 16.5 Å². The number of likely N-dealkylation sites (N-methyl/N-ethyl adjacent to an activating group) is 1. The third kappa shape index (κ3) is 15.2. The van der Waals surface area contributed by atoms with Crippen molar-refractivity contribution < 1.29 is 29.3 Å². The number of ether oxygens (including phenoxy) is 1. The van der Waals surface area contributed by atoms with Gasteiger partial charge < -0.3 is 19.4 Å². The van der Waals surface area contributed by atoms with Crippen LogP contribution in [0.2, 0.25) is 39.3 Å². The van der Waals surface area contributed by atoms with Gasteiger partial charge in [0, 0.05) is 37.3 Å². The van der Waals surface area contributed by atoms with Crippen LogP contribution in [0.3, 0.4) is 0 Å². The van der Waals surface area contributed by atoms with Gasteiger partial charge in [0.05, 0.1) is 7.11 Å². The first-order valence-corrected chi connectivity index (χ1v) is 22.3. The van der Waals surface area contributed by atoms with E-state index in [-0.39, 0.29) is 36.1 Å². The predicted molar refractivity (Wildman–Crippen MR) is 188 cm³/mol. The summed E-state index contributed by atoms with van der Waals surface area (Å²) in [6.45, 7) is 34.2. The number of hydrogen-bond donors (Lipinski definition) is 0. The van der Waals surface area contributed by atoms with Crippen molar-refractivity contribution in [3.05, 3.63) is 62.3 Å². The number of methoxy groups -OCH3 is 1. The Bertz CT molecular complexity index is 1150. The number of benzene rings is 2. The standard InChI is InChI=1S/C29H46N2O2.C6H18NSi2.Zn/c1-20-14-22(26(32)24(16-20)28(3,4)5)18-31(13-12-30(9)10)19-23-15-21(2)17-25(27(23)33-11)29(6,7)8;1-8(2,3)7-9(4,5)6;/h14-17,32H,12-13,18-19H2,1-11H3;1-6H3;/q;-1;+2/p-1. The summed E-state index contributed by atoms with van der Waals surface area (Å²) < 4.78 is 10.8. The number of hydrogen-bond acceptors (Lipinski definition) is 4. The van der Waals surface area contributed by atoms with Crippen molar-refractivity contribution in [3.63, 3.8) is 0 Å². The summed E-state index contributed by atoms with van der Waals surface area (Å²) in [7, 11) is 3.73. The minimum atomic E-state index is -1.11. The Morgan fingerprint density at radius 2 is 1.14 bits per heavy atom. The van der Waals surface area contributed by atoms with E-state index in [1.54, 1.807) is 7.11 Å². The van der Waals surface area contributed by atoms with Crippen molar-refractivity contribution in [2.45, 2.75) is 119 Å². The molecule has 0 unspecified atom stereocenters. The fourth-order valence-electron chi connectivity index (χ4n) is 5.33. The number of nitrogens with zero attached hydrogens (tertiary/aromatic N) is 3. The second kappa shape index (κ2) is 16.5. The van der Waals surface area contributed by atoms with E-state index in [1.807, 2.05) is 0 Å². The second-order valence-corrected chi connectivity index (χ2v) is 25.9. The maximum atomic E-state index is 13.4. The zero-order chi connectivity index (χ0) is 32.8.